The van der Waals surface area contributed by atoms with Gasteiger partial charge in [0.25, 0.3) is 0 Å². The summed E-state index contributed by atoms with van der Waals surface area (Å²) in [7, 11) is 1.35. The molecule has 25 heavy (non-hydrogen) atoms. The molecule has 1 unspecified atom stereocenters. The van der Waals surface area contributed by atoms with Gasteiger partial charge in [-0.05, 0) is 49.6 Å². The second-order valence-electron chi connectivity index (χ2n) is 6.06. The summed E-state index contributed by atoms with van der Waals surface area (Å²) in [6.07, 6.45) is 0.920. The number of nitrogens with zero attached hydrogens (tertiary/aromatic N) is 1. The largest absolute Gasteiger partial charge is 0.430 e. The number of rotatable bonds is 4. The Hall–Kier alpha value is -2.73. The zero-order valence-corrected chi connectivity index (χ0v) is 14.8. The number of amides is 1. The standard InChI is InChI=1S/C19H21N3O3/c1-5-13-6-8-14(9-7-13)22-18(23)19(24-4)16(20)15-11(2)10-12(3)21-17(15)25-19/h6-10,20H,5H2,1-4H3,(H,22,23). The van der Waals surface area contributed by atoms with Crippen LogP contribution >= 0.6 is 0 Å². The summed E-state index contributed by atoms with van der Waals surface area (Å²) in [5.74, 6) is -2.14. The number of hydrogen-bond donors (Lipinski definition) is 2. The molecular formula is C19H21N3O3. The molecule has 1 aliphatic rings. The number of fused-ring (bicyclic) bond motifs is 1. The highest BCUT2D eigenvalue weighted by molar-refractivity contribution is 6.23. The van der Waals surface area contributed by atoms with E-state index in [9.17, 15) is 4.79 Å². The molecule has 1 amide bonds. The van der Waals surface area contributed by atoms with Crippen molar-refractivity contribution >= 4 is 17.3 Å². The molecule has 0 fully saturated rings. The molecule has 0 radical (unpaired) electrons. The monoisotopic (exact) mass is 339 g/mol. The second-order valence-corrected chi connectivity index (χ2v) is 6.06. The van der Waals surface area contributed by atoms with Gasteiger partial charge in [0.2, 0.25) is 5.88 Å². The maximum Gasteiger partial charge on any atom is 0.337 e. The van der Waals surface area contributed by atoms with Gasteiger partial charge >= 0.3 is 11.7 Å². The molecule has 6 nitrogen and oxygen atoms in total. The maximum absolute atomic E-state index is 12.9. The molecule has 2 heterocycles. The van der Waals surface area contributed by atoms with E-state index in [0.29, 0.717) is 11.3 Å². The van der Waals surface area contributed by atoms with Gasteiger partial charge in [-0.1, -0.05) is 19.1 Å². The molecule has 0 spiro atoms. The first kappa shape index (κ1) is 17.1. The van der Waals surface area contributed by atoms with E-state index in [0.717, 1.165) is 17.7 Å². The van der Waals surface area contributed by atoms with E-state index in [1.54, 1.807) is 0 Å². The molecule has 0 bridgehead atoms. The van der Waals surface area contributed by atoms with E-state index in [1.807, 2.05) is 44.2 Å². The Kier molecular flexibility index (Phi) is 4.30. The van der Waals surface area contributed by atoms with Crippen molar-refractivity contribution in [2.75, 3.05) is 12.4 Å². The number of nitrogens with one attached hydrogen (secondary N) is 2. The number of carbonyl (C=O) groups excluding carboxylic acids is 1. The number of carbonyl (C=O) groups is 1. The fourth-order valence-electron chi connectivity index (χ4n) is 2.97. The predicted molar refractivity (Wildman–Crippen MR) is 95.4 cm³/mol. The van der Waals surface area contributed by atoms with Crippen molar-refractivity contribution in [3.8, 4) is 5.88 Å². The minimum absolute atomic E-state index is 0.0438. The quantitative estimate of drug-likeness (QED) is 0.897. The van der Waals surface area contributed by atoms with Crippen LogP contribution in [-0.2, 0) is 16.0 Å². The lowest BCUT2D eigenvalue weighted by molar-refractivity contribution is -0.155. The van der Waals surface area contributed by atoms with E-state index in [2.05, 4.69) is 17.2 Å². The van der Waals surface area contributed by atoms with Gasteiger partial charge in [-0.3, -0.25) is 10.2 Å². The number of pyridine rings is 1. The summed E-state index contributed by atoms with van der Waals surface area (Å²) in [6.45, 7) is 5.76. The summed E-state index contributed by atoms with van der Waals surface area (Å²) in [5.41, 5.74) is 3.83. The van der Waals surface area contributed by atoms with E-state index < -0.39 is 11.7 Å². The van der Waals surface area contributed by atoms with Crippen LogP contribution in [-0.4, -0.2) is 29.5 Å². The van der Waals surface area contributed by atoms with Crippen LogP contribution in [0, 0.1) is 19.3 Å². The van der Waals surface area contributed by atoms with E-state index in [-0.39, 0.29) is 11.6 Å². The first-order valence-corrected chi connectivity index (χ1v) is 8.13. The molecule has 0 saturated carbocycles. The van der Waals surface area contributed by atoms with Gasteiger partial charge in [0.15, 0.2) is 0 Å². The van der Waals surface area contributed by atoms with Crippen LogP contribution in [0.25, 0.3) is 0 Å². The third kappa shape index (κ3) is 2.78. The topological polar surface area (TPSA) is 84.3 Å². The highest BCUT2D eigenvalue weighted by Crippen LogP contribution is 2.37. The van der Waals surface area contributed by atoms with Crippen molar-refractivity contribution in [1.82, 2.24) is 4.98 Å². The van der Waals surface area contributed by atoms with Crippen LogP contribution < -0.4 is 10.1 Å². The molecule has 2 aromatic rings. The van der Waals surface area contributed by atoms with Crippen molar-refractivity contribution in [3.05, 3.63) is 52.7 Å². The summed E-state index contributed by atoms with van der Waals surface area (Å²) >= 11 is 0. The Morgan fingerprint density at radius 1 is 1.32 bits per heavy atom. The Morgan fingerprint density at radius 2 is 2.00 bits per heavy atom. The fraction of sp³-hybridized carbons (Fsp3) is 0.316. The second kappa shape index (κ2) is 6.29. The molecule has 2 N–H and O–H groups in total. The first-order chi connectivity index (χ1) is 11.9. The lowest BCUT2D eigenvalue weighted by Gasteiger charge is -2.25. The van der Waals surface area contributed by atoms with Crippen LogP contribution in [0.2, 0.25) is 0 Å². The van der Waals surface area contributed by atoms with Crippen molar-refractivity contribution in [2.45, 2.75) is 33.0 Å². The van der Waals surface area contributed by atoms with E-state index >= 15 is 0 Å². The third-order valence-electron chi connectivity index (χ3n) is 4.34. The van der Waals surface area contributed by atoms with Crippen LogP contribution in [0.3, 0.4) is 0 Å². The SMILES string of the molecule is CCc1ccc(NC(=O)C2(OC)Oc3nc(C)cc(C)c3C2=N)cc1. The third-order valence-corrected chi connectivity index (χ3v) is 4.34. The van der Waals surface area contributed by atoms with Gasteiger partial charge in [-0.25, -0.2) is 4.98 Å². The summed E-state index contributed by atoms with van der Waals surface area (Å²) in [5, 5.41) is 11.2. The lowest BCUT2D eigenvalue weighted by atomic mass is 10.0. The summed E-state index contributed by atoms with van der Waals surface area (Å²) in [6, 6.07) is 9.38. The molecular weight excluding hydrogens is 318 g/mol. The fourth-order valence-corrected chi connectivity index (χ4v) is 2.97. The lowest BCUT2D eigenvalue weighted by Crippen LogP contribution is -2.53. The molecule has 1 aliphatic heterocycles. The number of aryl methyl sites for hydroxylation is 3. The molecule has 6 heteroatoms. The Balaban J connectivity index is 1.92. The van der Waals surface area contributed by atoms with Crippen LogP contribution in [0.15, 0.2) is 30.3 Å². The van der Waals surface area contributed by atoms with Crippen molar-refractivity contribution in [3.63, 3.8) is 0 Å². The number of benzene rings is 1. The highest BCUT2D eigenvalue weighted by Gasteiger charge is 2.54. The zero-order chi connectivity index (χ0) is 18.2. The van der Waals surface area contributed by atoms with Crippen LogP contribution in [0.4, 0.5) is 5.69 Å². The molecule has 1 atom stereocenters. The molecule has 3 rings (SSSR count). The van der Waals surface area contributed by atoms with Crippen molar-refractivity contribution in [2.24, 2.45) is 0 Å². The highest BCUT2D eigenvalue weighted by atomic mass is 16.7. The van der Waals surface area contributed by atoms with Gasteiger partial charge in [0, 0.05) is 18.5 Å². The molecule has 0 saturated heterocycles. The van der Waals surface area contributed by atoms with E-state index in [4.69, 9.17) is 14.9 Å². The molecule has 0 aliphatic carbocycles. The number of ether oxygens (including phenoxy) is 2. The molecule has 130 valence electrons. The average molecular weight is 339 g/mol. The minimum atomic E-state index is -1.84. The van der Waals surface area contributed by atoms with Crippen molar-refractivity contribution in [1.29, 1.82) is 5.41 Å². The van der Waals surface area contributed by atoms with Gasteiger partial charge in [-0.15, -0.1) is 0 Å². The average Bonchev–Trinajstić information content (AvgIpc) is 2.88. The predicted octanol–water partition coefficient (Wildman–Crippen LogP) is 3.00. The molecule has 1 aromatic carbocycles. The Labute approximate surface area is 146 Å². The van der Waals surface area contributed by atoms with Crippen LogP contribution in [0.1, 0.15) is 29.3 Å². The van der Waals surface area contributed by atoms with Gasteiger partial charge in [0.1, 0.15) is 5.71 Å². The number of aromatic nitrogens is 1. The summed E-state index contributed by atoms with van der Waals surface area (Å²) in [4.78, 5) is 17.2. The minimum Gasteiger partial charge on any atom is -0.430 e. The number of hydrogen-bond acceptors (Lipinski definition) is 5. The number of anilines is 1. The van der Waals surface area contributed by atoms with Crippen molar-refractivity contribution < 1.29 is 14.3 Å². The Morgan fingerprint density at radius 3 is 2.60 bits per heavy atom. The van der Waals surface area contributed by atoms with E-state index in [1.165, 1.54) is 12.7 Å². The molecule has 1 aromatic heterocycles. The van der Waals surface area contributed by atoms with Gasteiger partial charge < -0.3 is 14.8 Å². The Bertz CT molecular complexity index is 846. The van der Waals surface area contributed by atoms with Gasteiger partial charge in [-0.2, -0.15) is 0 Å². The zero-order valence-electron chi connectivity index (χ0n) is 14.8. The van der Waals surface area contributed by atoms with Crippen LogP contribution in [0.5, 0.6) is 5.88 Å². The smallest absolute Gasteiger partial charge is 0.337 e. The summed E-state index contributed by atoms with van der Waals surface area (Å²) < 4.78 is 11.1. The maximum atomic E-state index is 12.9. The normalized spacial score (nSPS) is 18.6. The first-order valence-electron chi connectivity index (χ1n) is 8.13. The number of methoxy groups -OCH3 is 1. The van der Waals surface area contributed by atoms with Gasteiger partial charge in [0.05, 0.1) is 5.56 Å².